The summed E-state index contributed by atoms with van der Waals surface area (Å²) in [6.07, 6.45) is 4.62. The molecule has 1 aromatic heterocycles. The molecule has 2 N–H and O–H groups in total. The minimum atomic E-state index is 0.0652. The predicted octanol–water partition coefficient (Wildman–Crippen LogP) is 1.07. The molecule has 0 saturated heterocycles. The number of hydrogen-bond donors (Lipinski definition) is 1. The van der Waals surface area contributed by atoms with E-state index in [1.54, 1.807) is 4.68 Å². The summed E-state index contributed by atoms with van der Waals surface area (Å²) in [6.45, 7) is 3.05. The highest BCUT2D eigenvalue weighted by molar-refractivity contribution is 5.93. The van der Waals surface area contributed by atoms with Gasteiger partial charge in [0.1, 0.15) is 5.69 Å². The summed E-state index contributed by atoms with van der Waals surface area (Å²) < 4.78 is 1.66. The highest BCUT2D eigenvalue weighted by Crippen LogP contribution is 2.24. The molecular formula is C13H22N4O. The Morgan fingerprint density at radius 3 is 2.72 bits per heavy atom. The predicted molar refractivity (Wildman–Crippen MR) is 70.3 cm³/mol. The van der Waals surface area contributed by atoms with Gasteiger partial charge in [0.15, 0.2) is 0 Å². The monoisotopic (exact) mass is 250 g/mol. The molecule has 1 aliphatic carbocycles. The SMILES string of the molecule is Cc1cc(C(=O)N(CCN)C2CCCC2)n(C)n1. The summed E-state index contributed by atoms with van der Waals surface area (Å²) in [4.78, 5) is 14.5. The lowest BCUT2D eigenvalue weighted by Crippen LogP contribution is -2.42. The first-order chi connectivity index (χ1) is 8.63. The zero-order chi connectivity index (χ0) is 13.1. The fourth-order valence-corrected chi connectivity index (χ4v) is 2.76. The van der Waals surface area contributed by atoms with Crippen molar-refractivity contribution in [1.29, 1.82) is 0 Å². The number of hydrogen-bond acceptors (Lipinski definition) is 3. The lowest BCUT2D eigenvalue weighted by Gasteiger charge is -2.28. The van der Waals surface area contributed by atoms with Crippen molar-refractivity contribution < 1.29 is 4.79 Å². The summed E-state index contributed by atoms with van der Waals surface area (Å²) in [5.41, 5.74) is 7.17. The van der Waals surface area contributed by atoms with Gasteiger partial charge in [-0.2, -0.15) is 5.10 Å². The molecule has 0 aromatic carbocycles. The highest BCUT2D eigenvalue weighted by atomic mass is 16.2. The van der Waals surface area contributed by atoms with Crippen molar-refractivity contribution >= 4 is 5.91 Å². The maximum Gasteiger partial charge on any atom is 0.272 e. The van der Waals surface area contributed by atoms with Crippen LogP contribution in [0.3, 0.4) is 0 Å². The molecule has 5 nitrogen and oxygen atoms in total. The minimum Gasteiger partial charge on any atom is -0.333 e. The molecule has 1 heterocycles. The van der Waals surface area contributed by atoms with Gasteiger partial charge in [0, 0.05) is 26.2 Å². The number of nitrogens with zero attached hydrogens (tertiary/aromatic N) is 3. The molecule has 0 bridgehead atoms. The minimum absolute atomic E-state index is 0.0652. The van der Waals surface area contributed by atoms with Gasteiger partial charge in [-0.05, 0) is 25.8 Å². The van der Waals surface area contributed by atoms with Gasteiger partial charge in [-0.1, -0.05) is 12.8 Å². The lowest BCUT2D eigenvalue weighted by atomic mass is 10.2. The van der Waals surface area contributed by atoms with E-state index in [-0.39, 0.29) is 5.91 Å². The Bertz CT molecular complexity index is 421. The molecule has 1 aromatic rings. The molecule has 0 unspecified atom stereocenters. The van der Waals surface area contributed by atoms with E-state index >= 15 is 0 Å². The second kappa shape index (κ2) is 5.52. The van der Waals surface area contributed by atoms with Crippen LogP contribution in [0.15, 0.2) is 6.07 Å². The Balaban J connectivity index is 2.19. The van der Waals surface area contributed by atoms with Gasteiger partial charge < -0.3 is 10.6 Å². The third kappa shape index (κ3) is 2.56. The molecule has 100 valence electrons. The zero-order valence-electron chi connectivity index (χ0n) is 11.2. The van der Waals surface area contributed by atoms with Crippen molar-refractivity contribution in [3.8, 4) is 0 Å². The summed E-state index contributed by atoms with van der Waals surface area (Å²) in [5, 5.41) is 4.24. The van der Waals surface area contributed by atoms with E-state index < -0.39 is 0 Å². The van der Waals surface area contributed by atoms with Crippen LogP contribution in [0.4, 0.5) is 0 Å². The van der Waals surface area contributed by atoms with E-state index in [1.807, 2.05) is 24.9 Å². The number of aromatic nitrogens is 2. The normalized spacial score (nSPS) is 16.2. The summed E-state index contributed by atoms with van der Waals surface area (Å²) in [5.74, 6) is 0.0652. The Labute approximate surface area is 108 Å². The first kappa shape index (κ1) is 13.1. The maximum atomic E-state index is 12.6. The van der Waals surface area contributed by atoms with E-state index in [1.165, 1.54) is 12.8 Å². The third-order valence-electron chi connectivity index (χ3n) is 3.62. The topological polar surface area (TPSA) is 64.2 Å². The Hall–Kier alpha value is -1.36. The number of amides is 1. The van der Waals surface area contributed by atoms with Gasteiger partial charge in [-0.25, -0.2) is 0 Å². The summed E-state index contributed by atoms with van der Waals surface area (Å²) in [6, 6.07) is 2.21. The Kier molecular flexibility index (Phi) is 4.01. The molecule has 2 rings (SSSR count). The third-order valence-corrected chi connectivity index (χ3v) is 3.62. The van der Waals surface area contributed by atoms with Crippen LogP contribution in [0.1, 0.15) is 41.9 Å². The number of nitrogens with two attached hydrogens (primary N) is 1. The first-order valence-corrected chi connectivity index (χ1v) is 6.65. The fourth-order valence-electron chi connectivity index (χ4n) is 2.76. The van der Waals surface area contributed by atoms with Crippen LogP contribution in [-0.2, 0) is 7.05 Å². The molecule has 1 fully saturated rings. The lowest BCUT2D eigenvalue weighted by molar-refractivity contribution is 0.0676. The second-order valence-corrected chi connectivity index (χ2v) is 5.02. The second-order valence-electron chi connectivity index (χ2n) is 5.02. The summed E-state index contributed by atoms with van der Waals surface area (Å²) in [7, 11) is 1.81. The number of carbonyl (C=O) groups is 1. The molecule has 5 heteroatoms. The van der Waals surface area contributed by atoms with Crippen molar-refractivity contribution in [1.82, 2.24) is 14.7 Å². The van der Waals surface area contributed by atoms with Crippen LogP contribution in [-0.4, -0.2) is 39.7 Å². The number of rotatable bonds is 4. The van der Waals surface area contributed by atoms with Gasteiger partial charge in [-0.3, -0.25) is 9.48 Å². The first-order valence-electron chi connectivity index (χ1n) is 6.65. The van der Waals surface area contributed by atoms with Crippen molar-refractivity contribution in [3.63, 3.8) is 0 Å². The standard InChI is InChI=1S/C13H22N4O/c1-10-9-12(16(2)15-10)13(18)17(8-7-14)11-5-3-4-6-11/h9,11H,3-8,14H2,1-2H3. The van der Waals surface area contributed by atoms with E-state index in [4.69, 9.17) is 5.73 Å². The molecule has 0 aliphatic heterocycles. The fraction of sp³-hybridized carbons (Fsp3) is 0.692. The molecular weight excluding hydrogens is 228 g/mol. The van der Waals surface area contributed by atoms with Gasteiger partial charge >= 0.3 is 0 Å². The van der Waals surface area contributed by atoms with Crippen LogP contribution in [0.25, 0.3) is 0 Å². The van der Waals surface area contributed by atoms with Crippen LogP contribution >= 0.6 is 0 Å². The van der Waals surface area contributed by atoms with Gasteiger partial charge in [-0.15, -0.1) is 0 Å². The maximum absolute atomic E-state index is 12.6. The Morgan fingerprint density at radius 1 is 1.56 bits per heavy atom. The van der Waals surface area contributed by atoms with Crippen LogP contribution in [0.5, 0.6) is 0 Å². The zero-order valence-corrected chi connectivity index (χ0v) is 11.2. The van der Waals surface area contributed by atoms with Crippen LogP contribution in [0, 0.1) is 6.92 Å². The molecule has 0 atom stereocenters. The largest absolute Gasteiger partial charge is 0.333 e. The molecule has 1 aliphatic rings. The molecule has 0 spiro atoms. The average molecular weight is 250 g/mol. The van der Waals surface area contributed by atoms with E-state index in [9.17, 15) is 4.79 Å². The van der Waals surface area contributed by atoms with Gasteiger partial charge in [0.25, 0.3) is 5.91 Å². The number of aryl methyl sites for hydroxylation is 2. The average Bonchev–Trinajstić information content (AvgIpc) is 2.95. The van der Waals surface area contributed by atoms with E-state index in [0.717, 1.165) is 18.5 Å². The smallest absolute Gasteiger partial charge is 0.272 e. The van der Waals surface area contributed by atoms with Crippen molar-refractivity contribution in [2.24, 2.45) is 12.8 Å². The van der Waals surface area contributed by atoms with Crippen LogP contribution < -0.4 is 5.73 Å². The van der Waals surface area contributed by atoms with Crippen molar-refractivity contribution in [2.75, 3.05) is 13.1 Å². The summed E-state index contributed by atoms with van der Waals surface area (Å²) >= 11 is 0. The van der Waals surface area contributed by atoms with Gasteiger partial charge in [0.05, 0.1) is 5.69 Å². The van der Waals surface area contributed by atoms with Crippen LogP contribution in [0.2, 0.25) is 0 Å². The van der Waals surface area contributed by atoms with Crippen molar-refractivity contribution in [2.45, 2.75) is 38.6 Å². The molecule has 0 radical (unpaired) electrons. The molecule has 1 saturated carbocycles. The number of carbonyl (C=O) groups excluding carboxylic acids is 1. The van der Waals surface area contributed by atoms with E-state index in [0.29, 0.717) is 24.8 Å². The molecule has 18 heavy (non-hydrogen) atoms. The highest BCUT2D eigenvalue weighted by Gasteiger charge is 2.28. The van der Waals surface area contributed by atoms with E-state index in [2.05, 4.69) is 5.10 Å². The quantitative estimate of drug-likeness (QED) is 0.869. The van der Waals surface area contributed by atoms with Gasteiger partial charge in [0.2, 0.25) is 0 Å². The molecule has 1 amide bonds. The van der Waals surface area contributed by atoms with Crippen molar-refractivity contribution in [3.05, 3.63) is 17.5 Å². The Morgan fingerprint density at radius 2 is 2.22 bits per heavy atom.